The summed E-state index contributed by atoms with van der Waals surface area (Å²) in [5.74, 6) is 1.91. The number of ether oxygens (including phenoxy) is 3. The van der Waals surface area contributed by atoms with Crippen molar-refractivity contribution in [2.45, 2.75) is 25.4 Å². The summed E-state index contributed by atoms with van der Waals surface area (Å²) < 4.78 is 16.8. The monoisotopic (exact) mass is 390 g/mol. The molecule has 7 nitrogen and oxygen atoms in total. The topological polar surface area (TPSA) is 58.6 Å². The van der Waals surface area contributed by atoms with Crippen LogP contribution in [0.5, 0.6) is 5.75 Å². The van der Waals surface area contributed by atoms with Gasteiger partial charge in [0.25, 0.3) is 0 Å². The Morgan fingerprint density at radius 1 is 1.18 bits per heavy atom. The molecule has 156 valence electrons. The highest BCUT2D eigenvalue weighted by Crippen LogP contribution is 2.28. The smallest absolute Gasteiger partial charge is 0.193 e. The van der Waals surface area contributed by atoms with Crippen LogP contribution in [-0.4, -0.2) is 83.7 Å². The lowest BCUT2D eigenvalue weighted by Crippen LogP contribution is -2.52. The Morgan fingerprint density at radius 2 is 1.93 bits per heavy atom. The first-order chi connectivity index (χ1) is 13.8. The van der Waals surface area contributed by atoms with Crippen molar-refractivity contribution in [3.63, 3.8) is 0 Å². The van der Waals surface area contributed by atoms with Crippen LogP contribution in [0.4, 0.5) is 5.69 Å². The molecule has 0 amide bonds. The zero-order valence-electron chi connectivity index (χ0n) is 17.2. The van der Waals surface area contributed by atoms with E-state index in [0.29, 0.717) is 6.10 Å². The number of methoxy groups -OCH3 is 1. The average Bonchev–Trinajstić information content (AvgIpc) is 2.77. The van der Waals surface area contributed by atoms with Crippen LogP contribution in [0.3, 0.4) is 0 Å². The van der Waals surface area contributed by atoms with E-state index in [4.69, 9.17) is 14.2 Å². The Bertz CT molecular complexity index is 611. The third kappa shape index (κ3) is 5.75. The van der Waals surface area contributed by atoms with E-state index in [1.807, 2.05) is 19.2 Å². The number of guanidine groups is 1. The first-order valence-electron chi connectivity index (χ1n) is 10.3. The molecule has 1 N–H and O–H groups in total. The molecule has 0 unspecified atom stereocenters. The number of anilines is 1. The summed E-state index contributed by atoms with van der Waals surface area (Å²) in [5.41, 5.74) is 1.16. The highest BCUT2D eigenvalue weighted by molar-refractivity contribution is 5.80. The van der Waals surface area contributed by atoms with E-state index in [2.05, 4.69) is 32.2 Å². The first-order valence-corrected chi connectivity index (χ1v) is 10.3. The molecule has 1 aromatic rings. The van der Waals surface area contributed by atoms with E-state index < -0.39 is 0 Å². The van der Waals surface area contributed by atoms with E-state index in [1.165, 1.54) is 0 Å². The zero-order chi connectivity index (χ0) is 19.6. The average molecular weight is 391 g/mol. The molecular formula is C21H34N4O3. The van der Waals surface area contributed by atoms with Crippen molar-refractivity contribution in [3.8, 4) is 5.75 Å². The van der Waals surface area contributed by atoms with E-state index in [0.717, 1.165) is 89.2 Å². The maximum atomic E-state index is 5.94. The fourth-order valence-corrected chi connectivity index (χ4v) is 3.75. The van der Waals surface area contributed by atoms with Crippen LogP contribution in [0.15, 0.2) is 29.3 Å². The van der Waals surface area contributed by atoms with Crippen molar-refractivity contribution in [2.75, 3.05) is 71.6 Å². The van der Waals surface area contributed by atoms with Gasteiger partial charge in [0.15, 0.2) is 5.96 Å². The molecule has 2 aliphatic heterocycles. The molecule has 0 aliphatic carbocycles. The molecule has 28 heavy (non-hydrogen) atoms. The summed E-state index contributed by atoms with van der Waals surface area (Å²) in [6.45, 7) is 7.11. The maximum absolute atomic E-state index is 5.94. The number of para-hydroxylation sites is 2. The van der Waals surface area contributed by atoms with Gasteiger partial charge >= 0.3 is 0 Å². The van der Waals surface area contributed by atoms with Crippen molar-refractivity contribution < 1.29 is 14.2 Å². The van der Waals surface area contributed by atoms with E-state index in [-0.39, 0.29) is 0 Å². The van der Waals surface area contributed by atoms with Gasteiger partial charge in [-0.25, -0.2) is 0 Å². The molecule has 1 aromatic carbocycles. The SMILES string of the molecule is CN=C(NCCCOC1CCOCC1)N1CCN(c2ccccc2OC)CC1. The van der Waals surface area contributed by atoms with Gasteiger partial charge in [-0.15, -0.1) is 0 Å². The number of nitrogens with one attached hydrogen (secondary N) is 1. The summed E-state index contributed by atoms with van der Waals surface area (Å²) in [4.78, 5) is 9.17. The molecule has 2 saturated heterocycles. The minimum absolute atomic E-state index is 0.371. The van der Waals surface area contributed by atoms with Crippen molar-refractivity contribution in [3.05, 3.63) is 24.3 Å². The summed E-state index contributed by atoms with van der Waals surface area (Å²) in [7, 11) is 3.58. The normalized spacial score (nSPS) is 19.0. The molecule has 0 radical (unpaired) electrons. The number of piperazine rings is 1. The van der Waals surface area contributed by atoms with Crippen LogP contribution in [-0.2, 0) is 9.47 Å². The zero-order valence-corrected chi connectivity index (χ0v) is 17.2. The molecule has 2 aliphatic rings. The number of hydrogen-bond donors (Lipinski definition) is 1. The van der Waals surface area contributed by atoms with Crippen LogP contribution in [0.25, 0.3) is 0 Å². The molecule has 0 bridgehead atoms. The fraction of sp³-hybridized carbons (Fsp3) is 0.667. The van der Waals surface area contributed by atoms with Gasteiger partial charge in [0.1, 0.15) is 5.75 Å². The van der Waals surface area contributed by atoms with E-state index >= 15 is 0 Å². The molecule has 7 heteroatoms. The Kier molecular flexibility index (Phi) is 8.23. The van der Waals surface area contributed by atoms with Gasteiger partial charge < -0.3 is 29.3 Å². The van der Waals surface area contributed by atoms with Crippen molar-refractivity contribution in [1.82, 2.24) is 10.2 Å². The van der Waals surface area contributed by atoms with Crippen molar-refractivity contribution >= 4 is 11.6 Å². The van der Waals surface area contributed by atoms with Gasteiger partial charge in [0.2, 0.25) is 0 Å². The molecule has 2 fully saturated rings. The number of nitrogens with zero attached hydrogens (tertiary/aromatic N) is 3. The van der Waals surface area contributed by atoms with Crippen LogP contribution >= 0.6 is 0 Å². The Morgan fingerprint density at radius 3 is 2.64 bits per heavy atom. The molecular weight excluding hydrogens is 356 g/mol. The summed E-state index contributed by atoms with van der Waals surface area (Å²) in [5, 5.41) is 3.48. The van der Waals surface area contributed by atoms with Gasteiger partial charge in [-0.2, -0.15) is 0 Å². The van der Waals surface area contributed by atoms with Crippen LogP contribution in [0.2, 0.25) is 0 Å². The van der Waals surface area contributed by atoms with Gasteiger partial charge in [0.05, 0.1) is 18.9 Å². The predicted octanol–water partition coefficient (Wildman–Crippen LogP) is 1.98. The highest BCUT2D eigenvalue weighted by atomic mass is 16.5. The molecule has 0 atom stereocenters. The number of hydrogen-bond acceptors (Lipinski definition) is 5. The Hall–Kier alpha value is -1.99. The lowest BCUT2D eigenvalue weighted by molar-refractivity contribution is -0.0320. The van der Waals surface area contributed by atoms with E-state index in [1.54, 1.807) is 7.11 Å². The van der Waals surface area contributed by atoms with Crippen LogP contribution in [0.1, 0.15) is 19.3 Å². The lowest BCUT2D eigenvalue weighted by atomic mass is 10.1. The minimum atomic E-state index is 0.371. The number of aliphatic imine (C=N–C) groups is 1. The van der Waals surface area contributed by atoms with Crippen molar-refractivity contribution in [1.29, 1.82) is 0 Å². The Labute approximate surface area is 168 Å². The molecule has 3 rings (SSSR count). The number of rotatable bonds is 7. The first kappa shape index (κ1) is 20.7. The summed E-state index contributed by atoms with van der Waals surface area (Å²) >= 11 is 0. The standard InChI is InChI=1S/C21H34N4O3/c1-22-21(23-10-5-15-28-18-8-16-27-17-9-18)25-13-11-24(12-14-25)19-6-3-4-7-20(19)26-2/h3-4,6-7,18H,5,8-17H2,1-2H3,(H,22,23). The second kappa shape index (κ2) is 11.1. The molecule has 0 spiro atoms. The molecule has 0 aromatic heterocycles. The van der Waals surface area contributed by atoms with Crippen molar-refractivity contribution in [2.24, 2.45) is 4.99 Å². The number of benzene rings is 1. The summed E-state index contributed by atoms with van der Waals surface area (Å²) in [6.07, 6.45) is 3.39. The third-order valence-corrected chi connectivity index (χ3v) is 5.34. The fourth-order valence-electron chi connectivity index (χ4n) is 3.75. The van der Waals surface area contributed by atoms with Gasteiger partial charge in [-0.3, -0.25) is 4.99 Å². The lowest BCUT2D eigenvalue weighted by Gasteiger charge is -2.38. The van der Waals surface area contributed by atoms with Gasteiger partial charge in [-0.1, -0.05) is 12.1 Å². The van der Waals surface area contributed by atoms with Gasteiger partial charge in [-0.05, 0) is 31.4 Å². The van der Waals surface area contributed by atoms with Gasteiger partial charge in [0, 0.05) is 59.6 Å². The Balaban J connectivity index is 1.37. The predicted molar refractivity (Wildman–Crippen MR) is 113 cm³/mol. The minimum Gasteiger partial charge on any atom is -0.495 e. The maximum Gasteiger partial charge on any atom is 0.193 e. The third-order valence-electron chi connectivity index (χ3n) is 5.34. The quantitative estimate of drug-likeness (QED) is 0.436. The highest BCUT2D eigenvalue weighted by Gasteiger charge is 2.21. The molecule has 2 heterocycles. The molecule has 0 saturated carbocycles. The van der Waals surface area contributed by atoms with Crippen LogP contribution < -0.4 is 15.0 Å². The van der Waals surface area contributed by atoms with E-state index in [9.17, 15) is 0 Å². The second-order valence-electron chi connectivity index (χ2n) is 7.16. The largest absolute Gasteiger partial charge is 0.495 e. The van der Waals surface area contributed by atoms with Crippen LogP contribution in [0, 0.1) is 0 Å². The second-order valence-corrected chi connectivity index (χ2v) is 7.16. The summed E-state index contributed by atoms with van der Waals surface area (Å²) in [6, 6.07) is 8.22.